The number of carbonyl (C=O) groups is 1. The molecule has 0 aliphatic rings. The van der Waals surface area contributed by atoms with E-state index in [0.717, 1.165) is 11.4 Å². The number of aromatic nitrogens is 2. The van der Waals surface area contributed by atoms with Gasteiger partial charge in [-0.05, 0) is 44.3 Å². The number of benzene rings is 1. The SMILES string of the molecule is Cc1cc(C)nc(NC(=S)NNC(=O)c2ccccc2)n1. The molecule has 1 aromatic carbocycles. The topological polar surface area (TPSA) is 78.9 Å². The quantitative estimate of drug-likeness (QED) is 0.579. The average Bonchev–Trinajstić information content (AvgIpc) is 2.44. The van der Waals surface area contributed by atoms with Gasteiger partial charge in [0, 0.05) is 17.0 Å². The van der Waals surface area contributed by atoms with Gasteiger partial charge in [0.05, 0.1) is 0 Å². The number of rotatable bonds is 2. The molecule has 2 rings (SSSR count). The minimum atomic E-state index is -0.277. The van der Waals surface area contributed by atoms with Gasteiger partial charge in [0.25, 0.3) is 5.91 Å². The standard InChI is InChI=1S/C14H15N5OS/c1-9-8-10(2)16-13(15-9)17-14(21)19-18-12(20)11-6-4-3-5-7-11/h3-8H,1-2H3,(H,18,20)(H2,15,16,17,19,21). The minimum absolute atomic E-state index is 0.212. The predicted octanol–water partition coefficient (Wildman–Crippen LogP) is 1.72. The Hall–Kier alpha value is -2.54. The molecule has 0 aliphatic carbocycles. The maximum atomic E-state index is 11.8. The fraction of sp³-hybridized carbons (Fsp3) is 0.143. The van der Waals surface area contributed by atoms with Crippen molar-refractivity contribution in [3.63, 3.8) is 0 Å². The Morgan fingerprint density at radius 2 is 1.67 bits per heavy atom. The van der Waals surface area contributed by atoms with Crippen molar-refractivity contribution in [3.05, 3.63) is 53.3 Å². The Labute approximate surface area is 128 Å². The smallest absolute Gasteiger partial charge is 0.269 e. The van der Waals surface area contributed by atoms with Crippen LogP contribution in [0.3, 0.4) is 0 Å². The van der Waals surface area contributed by atoms with Gasteiger partial charge in [0.15, 0.2) is 5.11 Å². The summed E-state index contributed by atoms with van der Waals surface area (Å²) in [4.78, 5) is 20.2. The summed E-state index contributed by atoms with van der Waals surface area (Å²) in [7, 11) is 0. The van der Waals surface area contributed by atoms with Crippen LogP contribution in [0.5, 0.6) is 0 Å². The summed E-state index contributed by atoms with van der Waals surface area (Å²) in [6, 6.07) is 10.7. The van der Waals surface area contributed by atoms with E-state index in [1.165, 1.54) is 0 Å². The van der Waals surface area contributed by atoms with Crippen LogP contribution in [-0.2, 0) is 0 Å². The van der Waals surface area contributed by atoms with Crippen molar-refractivity contribution in [3.8, 4) is 0 Å². The number of nitrogens with one attached hydrogen (secondary N) is 3. The fourth-order valence-electron chi connectivity index (χ4n) is 1.69. The molecule has 108 valence electrons. The number of anilines is 1. The molecule has 7 heteroatoms. The lowest BCUT2D eigenvalue weighted by atomic mass is 10.2. The first-order valence-corrected chi connectivity index (χ1v) is 6.70. The number of amides is 1. The molecule has 0 saturated carbocycles. The molecule has 1 amide bonds. The van der Waals surface area contributed by atoms with Gasteiger partial charge in [-0.3, -0.25) is 21.0 Å². The molecule has 0 unspecified atom stereocenters. The second-order valence-corrected chi connectivity index (χ2v) is 4.78. The van der Waals surface area contributed by atoms with E-state index in [1.807, 2.05) is 26.0 Å². The molecule has 0 atom stereocenters. The van der Waals surface area contributed by atoms with E-state index in [9.17, 15) is 4.79 Å². The van der Waals surface area contributed by atoms with Gasteiger partial charge in [0.1, 0.15) is 0 Å². The minimum Gasteiger partial charge on any atom is -0.300 e. The number of aryl methyl sites for hydroxylation is 2. The number of nitrogens with zero attached hydrogens (tertiary/aromatic N) is 2. The van der Waals surface area contributed by atoms with Crippen molar-refractivity contribution >= 4 is 29.2 Å². The van der Waals surface area contributed by atoms with Crippen molar-refractivity contribution in [2.24, 2.45) is 0 Å². The van der Waals surface area contributed by atoms with Crippen molar-refractivity contribution < 1.29 is 4.79 Å². The second-order valence-electron chi connectivity index (χ2n) is 4.37. The largest absolute Gasteiger partial charge is 0.300 e. The van der Waals surface area contributed by atoms with Gasteiger partial charge in [0.2, 0.25) is 5.95 Å². The van der Waals surface area contributed by atoms with Crippen LogP contribution in [0.2, 0.25) is 0 Å². The molecule has 0 aliphatic heterocycles. The Balaban J connectivity index is 1.89. The number of hydrogen-bond acceptors (Lipinski definition) is 4. The summed E-state index contributed by atoms with van der Waals surface area (Å²) in [6.07, 6.45) is 0. The lowest BCUT2D eigenvalue weighted by Crippen LogP contribution is -2.44. The molecule has 0 fully saturated rings. The van der Waals surface area contributed by atoms with Gasteiger partial charge >= 0.3 is 0 Å². The van der Waals surface area contributed by atoms with E-state index in [2.05, 4.69) is 26.1 Å². The number of hydrazine groups is 1. The second kappa shape index (κ2) is 6.76. The molecular formula is C14H15N5OS. The Bertz CT molecular complexity index is 639. The van der Waals surface area contributed by atoms with Crippen LogP contribution >= 0.6 is 12.2 Å². The van der Waals surface area contributed by atoms with Gasteiger partial charge in [-0.25, -0.2) is 9.97 Å². The highest BCUT2D eigenvalue weighted by Crippen LogP contribution is 2.03. The van der Waals surface area contributed by atoms with E-state index in [0.29, 0.717) is 11.5 Å². The van der Waals surface area contributed by atoms with Crippen LogP contribution in [0.4, 0.5) is 5.95 Å². The Kier molecular flexibility index (Phi) is 4.78. The van der Waals surface area contributed by atoms with Crippen LogP contribution in [0, 0.1) is 13.8 Å². The van der Waals surface area contributed by atoms with Crippen molar-refractivity contribution in [2.45, 2.75) is 13.8 Å². The summed E-state index contributed by atoms with van der Waals surface area (Å²) in [5.74, 6) is 0.111. The van der Waals surface area contributed by atoms with Crippen LogP contribution in [0.1, 0.15) is 21.7 Å². The highest BCUT2D eigenvalue weighted by Gasteiger charge is 2.06. The number of thiocarbonyl (C=S) groups is 1. The summed E-state index contributed by atoms with van der Waals surface area (Å²) < 4.78 is 0. The first-order chi connectivity index (χ1) is 10.0. The van der Waals surface area contributed by atoms with Gasteiger partial charge in [-0.15, -0.1) is 0 Å². The highest BCUT2D eigenvalue weighted by atomic mass is 32.1. The van der Waals surface area contributed by atoms with Gasteiger partial charge in [-0.1, -0.05) is 18.2 Å². The summed E-state index contributed by atoms with van der Waals surface area (Å²) in [5, 5.41) is 3.03. The Morgan fingerprint density at radius 1 is 1.05 bits per heavy atom. The Morgan fingerprint density at radius 3 is 2.29 bits per heavy atom. The molecule has 3 N–H and O–H groups in total. The third-order valence-corrected chi connectivity index (χ3v) is 2.74. The molecular weight excluding hydrogens is 286 g/mol. The van der Waals surface area contributed by atoms with Crippen molar-refractivity contribution in [2.75, 3.05) is 5.32 Å². The first-order valence-electron chi connectivity index (χ1n) is 6.29. The zero-order valence-corrected chi connectivity index (χ0v) is 12.5. The maximum absolute atomic E-state index is 11.8. The zero-order valence-electron chi connectivity index (χ0n) is 11.7. The van der Waals surface area contributed by atoms with Gasteiger partial charge < -0.3 is 0 Å². The fourth-order valence-corrected chi connectivity index (χ4v) is 1.83. The van der Waals surface area contributed by atoms with E-state index >= 15 is 0 Å². The molecule has 1 aromatic heterocycles. The molecule has 6 nitrogen and oxygen atoms in total. The van der Waals surface area contributed by atoms with Crippen LogP contribution in [0.15, 0.2) is 36.4 Å². The maximum Gasteiger partial charge on any atom is 0.269 e. The first kappa shape index (κ1) is 14.9. The predicted molar refractivity (Wildman–Crippen MR) is 84.8 cm³/mol. The molecule has 0 saturated heterocycles. The number of carbonyl (C=O) groups excluding carboxylic acids is 1. The highest BCUT2D eigenvalue weighted by molar-refractivity contribution is 7.80. The molecule has 21 heavy (non-hydrogen) atoms. The molecule has 2 aromatic rings. The summed E-state index contributed by atoms with van der Waals surface area (Å²) in [6.45, 7) is 3.74. The molecule has 0 spiro atoms. The van der Waals surface area contributed by atoms with Crippen LogP contribution < -0.4 is 16.2 Å². The van der Waals surface area contributed by atoms with Crippen molar-refractivity contribution in [1.82, 2.24) is 20.8 Å². The summed E-state index contributed by atoms with van der Waals surface area (Å²) in [5.41, 5.74) is 7.32. The third-order valence-electron chi connectivity index (χ3n) is 2.53. The lowest BCUT2D eigenvalue weighted by Gasteiger charge is -2.11. The lowest BCUT2D eigenvalue weighted by molar-refractivity contribution is 0.0944. The van der Waals surface area contributed by atoms with Crippen LogP contribution in [0.25, 0.3) is 0 Å². The molecule has 1 heterocycles. The monoisotopic (exact) mass is 301 g/mol. The third kappa shape index (κ3) is 4.50. The molecule has 0 radical (unpaired) electrons. The van der Waals surface area contributed by atoms with E-state index < -0.39 is 0 Å². The number of hydrogen-bond donors (Lipinski definition) is 3. The van der Waals surface area contributed by atoms with E-state index in [1.54, 1.807) is 24.3 Å². The van der Waals surface area contributed by atoms with Gasteiger partial charge in [-0.2, -0.15) is 0 Å². The van der Waals surface area contributed by atoms with Crippen molar-refractivity contribution in [1.29, 1.82) is 0 Å². The van der Waals surface area contributed by atoms with Crippen LogP contribution in [-0.4, -0.2) is 21.0 Å². The van der Waals surface area contributed by atoms with E-state index in [4.69, 9.17) is 12.2 Å². The zero-order chi connectivity index (χ0) is 15.2. The average molecular weight is 301 g/mol. The molecule has 0 bridgehead atoms. The van der Waals surface area contributed by atoms with E-state index in [-0.39, 0.29) is 11.0 Å². The summed E-state index contributed by atoms with van der Waals surface area (Å²) >= 11 is 5.07. The normalized spacial score (nSPS) is 9.81.